The predicted octanol–water partition coefficient (Wildman–Crippen LogP) is 2.91. The van der Waals surface area contributed by atoms with E-state index in [2.05, 4.69) is 32.8 Å². The molecule has 2 aliphatic carbocycles. The van der Waals surface area contributed by atoms with Crippen LogP contribution in [0.4, 0.5) is 4.79 Å². The SMILES string of the molecule is C=CCNC(=O)C(=O)C(CCC)NC(=O)[C@@H]1C2[C@@H](CN1C(=O)[C@@H](NC(=O)NC1(CS(=O)(=O)c3ccccn3)CCCCC1)C(C)(C)C)C2(C)C. The van der Waals surface area contributed by atoms with E-state index in [0.717, 1.165) is 19.3 Å². The molecule has 1 aliphatic heterocycles. The van der Waals surface area contributed by atoms with Crippen LogP contribution in [0.5, 0.6) is 0 Å². The lowest BCUT2D eigenvalue weighted by Crippen LogP contribution is -2.63. The van der Waals surface area contributed by atoms with Gasteiger partial charge in [0.25, 0.3) is 5.91 Å². The lowest BCUT2D eigenvalue weighted by atomic mass is 9.83. The zero-order valence-corrected chi connectivity index (χ0v) is 31.0. The van der Waals surface area contributed by atoms with E-state index in [0.29, 0.717) is 25.8 Å². The highest BCUT2D eigenvalue weighted by Gasteiger charge is 2.70. The molecule has 0 bridgehead atoms. The Morgan fingerprint density at radius 1 is 1.08 bits per heavy atom. The standard InChI is InChI=1S/C36H54N6O7S/c1-8-15-24(28(43)31(45)38-19-9-2)39-30(44)27-26-23(35(26,6)7)21-42(27)32(46)29(34(3,4)5)40-33(47)41-36(17-12-10-13-18-36)22-50(48,49)25-16-11-14-20-37-25/h9,11,14,16,20,23-24,26-27,29H,2,8,10,12-13,15,17-19,21-22H2,1,3-7H3,(H,38,45)(H,39,44)(H2,40,41,47)/t23-,24?,26?,27+,29-/m1/s1. The van der Waals surface area contributed by atoms with Gasteiger partial charge in [0.05, 0.1) is 17.3 Å². The number of ketones is 1. The van der Waals surface area contributed by atoms with Crippen molar-refractivity contribution in [3.8, 4) is 0 Å². The van der Waals surface area contributed by atoms with Crippen molar-refractivity contribution < 1.29 is 32.4 Å². The second kappa shape index (κ2) is 15.2. The molecule has 3 aliphatic rings. The molecule has 2 saturated carbocycles. The summed E-state index contributed by atoms with van der Waals surface area (Å²) in [6.07, 6.45) is 6.95. The molecule has 3 fully saturated rings. The number of hydrogen-bond donors (Lipinski definition) is 4. The first kappa shape index (κ1) is 39.0. The number of likely N-dealkylation sites (tertiary alicyclic amines) is 1. The lowest BCUT2D eigenvalue weighted by molar-refractivity contribution is -0.145. The summed E-state index contributed by atoms with van der Waals surface area (Å²) < 4.78 is 26.8. The van der Waals surface area contributed by atoms with E-state index in [1.165, 1.54) is 23.2 Å². The van der Waals surface area contributed by atoms with Crippen LogP contribution >= 0.6 is 0 Å². The monoisotopic (exact) mass is 714 g/mol. The number of pyridine rings is 1. The molecular weight excluding hydrogens is 660 g/mol. The first-order valence-corrected chi connectivity index (χ1v) is 19.3. The molecule has 0 aromatic carbocycles. The minimum Gasteiger partial charge on any atom is -0.346 e. The number of aromatic nitrogens is 1. The van der Waals surface area contributed by atoms with Crippen molar-refractivity contribution in [2.45, 2.75) is 115 Å². The van der Waals surface area contributed by atoms with Crippen LogP contribution in [0.3, 0.4) is 0 Å². The number of rotatable bonds is 14. The van der Waals surface area contributed by atoms with Gasteiger partial charge in [0.1, 0.15) is 12.1 Å². The third-order valence-corrected chi connectivity index (χ3v) is 12.4. The van der Waals surface area contributed by atoms with E-state index in [-0.39, 0.29) is 41.0 Å². The highest BCUT2D eigenvalue weighted by atomic mass is 32.2. The predicted molar refractivity (Wildman–Crippen MR) is 188 cm³/mol. The minimum atomic E-state index is -3.84. The number of hydrogen-bond acceptors (Lipinski definition) is 8. The van der Waals surface area contributed by atoms with E-state index >= 15 is 0 Å². The first-order chi connectivity index (χ1) is 23.4. The molecule has 5 amide bonds. The van der Waals surface area contributed by atoms with Crippen LogP contribution in [0.2, 0.25) is 0 Å². The molecule has 5 atom stereocenters. The molecule has 2 unspecified atom stereocenters. The first-order valence-electron chi connectivity index (χ1n) is 17.6. The number of amides is 5. The van der Waals surface area contributed by atoms with Crippen molar-refractivity contribution in [3.05, 3.63) is 37.1 Å². The third-order valence-electron chi connectivity index (χ3n) is 10.6. The molecule has 1 saturated heterocycles. The maximum Gasteiger partial charge on any atom is 0.315 e. The van der Waals surface area contributed by atoms with Gasteiger partial charge in [-0.15, -0.1) is 6.58 Å². The summed E-state index contributed by atoms with van der Waals surface area (Å²) in [5.74, 6) is -3.01. The van der Waals surface area contributed by atoms with Gasteiger partial charge < -0.3 is 26.2 Å². The van der Waals surface area contributed by atoms with E-state index in [9.17, 15) is 32.4 Å². The van der Waals surface area contributed by atoms with Crippen molar-refractivity contribution in [1.29, 1.82) is 0 Å². The average Bonchev–Trinajstić information content (AvgIpc) is 3.36. The van der Waals surface area contributed by atoms with Gasteiger partial charge in [0.2, 0.25) is 17.6 Å². The van der Waals surface area contributed by atoms with Gasteiger partial charge in [0, 0.05) is 19.3 Å². The normalized spacial score (nSPS) is 23.4. The summed E-state index contributed by atoms with van der Waals surface area (Å²) in [7, 11) is -3.84. The van der Waals surface area contributed by atoms with Crippen LogP contribution in [0.15, 0.2) is 42.1 Å². The molecule has 4 N–H and O–H groups in total. The Morgan fingerprint density at radius 2 is 1.76 bits per heavy atom. The van der Waals surface area contributed by atoms with Gasteiger partial charge >= 0.3 is 6.03 Å². The zero-order chi connectivity index (χ0) is 37.1. The molecule has 14 heteroatoms. The van der Waals surface area contributed by atoms with E-state index in [1.54, 1.807) is 12.1 Å². The highest BCUT2D eigenvalue weighted by Crippen LogP contribution is 2.65. The van der Waals surface area contributed by atoms with Crippen LogP contribution in [-0.4, -0.2) is 90.3 Å². The summed E-state index contributed by atoms with van der Waals surface area (Å²) in [5, 5.41) is 11.0. The second-order valence-corrected chi connectivity index (χ2v) is 17.7. The zero-order valence-electron chi connectivity index (χ0n) is 30.2. The Bertz CT molecular complexity index is 1570. The van der Waals surface area contributed by atoms with E-state index < -0.39 is 68.5 Å². The Balaban J connectivity index is 1.55. The minimum absolute atomic E-state index is 0.0372. The van der Waals surface area contributed by atoms with Crippen LogP contribution in [-0.2, 0) is 29.0 Å². The topological polar surface area (TPSA) is 184 Å². The van der Waals surface area contributed by atoms with Gasteiger partial charge in [-0.2, -0.15) is 0 Å². The molecule has 2 heterocycles. The fourth-order valence-electron chi connectivity index (χ4n) is 7.76. The summed E-state index contributed by atoms with van der Waals surface area (Å²) in [5.41, 5.74) is -2.06. The fourth-order valence-corrected chi connectivity index (χ4v) is 9.51. The van der Waals surface area contributed by atoms with Crippen molar-refractivity contribution in [2.24, 2.45) is 22.7 Å². The quantitative estimate of drug-likeness (QED) is 0.168. The number of urea groups is 1. The van der Waals surface area contributed by atoms with Crippen LogP contribution in [0, 0.1) is 22.7 Å². The lowest BCUT2D eigenvalue weighted by Gasteiger charge is -2.40. The van der Waals surface area contributed by atoms with E-state index in [1.807, 2.05) is 41.5 Å². The number of nitrogens with one attached hydrogen (secondary N) is 4. The Hall–Kier alpha value is -3.81. The van der Waals surface area contributed by atoms with Gasteiger partial charge in [-0.25, -0.2) is 18.2 Å². The molecule has 1 aromatic rings. The number of sulfone groups is 1. The van der Waals surface area contributed by atoms with Crippen molar-refractivity contribution in [3.63, 3.8) is 0 Å². The molecule has 0 spiro atoms. The maximum absolute atomic E-state index is 14.4. The largest absolute Gasteiger partial charge is 0.346 e. The second-order valence-electron chi connectivity index (χ2n) is 15.8. The number of carbonyl (C=O) groups excluding carboxylic acids is 5. The molecule has 4 rings (SSSR count). The van der Waals surface area contributed by atoms with Crippen molar-refractivity contribution in [1.82, 2.24) is 31.2 Å². The number of fused-ring (bicyclic) bond motifs is 1. The van der Waals surface area contributed by atoms with Crippen LogP contribution in [0.25, 0.3) is 0 Å². The Morgan fingerprint density at radius 3 is 2.34 bits per heavy atom. The Kier molecular flexibility index (Phi) is 11.9. The maximum atomic E-state index is 14.4. The summed E-state index contributed by atoms with van der Waals surface area (Å²) >= 11 is 0. The molecule has 276 valence electrons. The number of carbonyl (C=O) groups is 5. The van der Waals surface area contributed by atoms with Gasteiger partial charge in [-0.1, -0.05) is 79.4 Å². The molecular formula is C36H54N6O7S. The summed E-state index contributed by atoms with van der Waals surface area (Å²) in [4.78, 5) is 73.2. The summed E-state index contributed by atoms with van der Waals surface area (Å²) in [6, 6.07) is 0.974. The number of nitrogens with zero attached hydrogens (tertiary/aromatic N) is 2. The van der Waals surface area contributed by atoms with Crippen molar-refractivity contribution in [2.75, 3.05) is 18.8 Å². The number of Topliss-reactive ketones (excluding diaryl/α,β-unsaturated/α-hetero) is 1. The third kappa shape index (κ3) is 8.55. The van der Waals surface area contributed by atoms with Crippen molar-refractivity contribution >= 4 is 39.4 Å². The highest BCUT2D eigenvalue weighted by molar-refractivity contribution is 7.91. The molecule has 0 radical (unpaired) electrons. The smallest absolute Gasteiger partial charge is 0.315 e. The van der Waals surface area contributed by atoms with Gasteiger partial charge in [0.15, 0.2) is 14.9 Å². The van der Waals surface area contributed by atoms with Crippen LogP contribution < -0.4 is 21.3 Å². The van der Waals surface area contributed by atoms with Gasteiger partial charge in [-0.3, -0.25) is 19.2 Å². The van der Waals surface area contributed by atoms with E-state index in [4.69, 9.17) is 0 Å². The average molecular weight is 715 g/mol. The molecule has 1 aromatic heterocycles. The van der Waals surface area contributed by atoms with Crippen LogP contribution in [0.1, 0.15) is 86.5 Å². The number of piperidine rings is 1. The Labute approximate surface area is 296 Å². The molecule has 13 nitrogen and oxygen atoms in total. The summed E-state index contributed by atoms with van der Waals surface area (Å²) in [6.45, 7) is 15.3. The van der Waals surface area contributed by atoms with Gasteiger partial charge in [-0.05, 0) is 54.1 Å². The fraction of sp³-hybridized carbons (Fsp3) is 0.667. The molecule has 50 heavy (non-hydrogen) atoms.